The Bertz CT molecular complexity index is 386. The van der Waals surface area contributed by atoms with E-state index < -0.39 is 0 Å². The number of likely N-dealkylation sites (tertiary alicyclic amines) is 1. The lowest BCUT2D eigenvalue weighted by atomic mass is 9.96. The van der Waals surface area contributed by atoms with Gasteiger partial charge < -0.3 is 10.1 Å². The predicted molar refractivity (Wildman–Crippen MR) is 83.9 cm³/mol. The van der Waals surface area contributed by atoms with Crippen molar-refractivity contribution in [1.82, 2.24) is 10.2 Å². The number of piperidine rings is 1. The number of nitrogens with one attached hydrogen (secondary N) is 1. The number of rotatable bonds is 7. The van der Waals surface area contributed by atoms with Crippen LogP contribution >= 0.6 is 0 Å². The lowest BCUT2D eigenvalue weighted by molar-refractivity contribution is 0.168. The van der Waals surface area contributed by atoms with Gasteiger partial charge in [0.2, 0.25) is 0 Å². The van der Waals surface area contributed by atoms with Gasteiger partial charge in [-0.2, -0.15) is 0 Å². The van der Waals surface area contributed by atoms with E-state index >= 15 is 0 Å². The van der Waals surface area contributed by atoms with Crippen molar-refractivity contribution in [2.24, 2.45) is 5.92 Å². The summed E-state index contributed by atoms with van der Waals surface area (Å²) in [4.78, 5) is 2.58. The van der Waals surface area contributed by atoms with E-state index in [1.807, 2.05) is 0 Å². The van der Waals surface area contributed by atoms with Crippen LogP contribution in [0.4, 0.5) is 0 Å². The molecule has 1 aliphatic heterocycles. The SMILES string of the molecule is COCCNCC1CCN(Cc2cccc(C)c2)CC1. The van der Waals surface area contributed by atoms with Gasteiger partial charge in [-0.1, -0.05) is 29.8 Å². The van der Waals surface area contributed by atoms with Crippen molar-refractivity contribution in [3.8, 4) is 0 Å². The molecular formula is C17H28N2O. The third kappa shape index (κ3) is 5.23. The van der Waals surface area contributed by atoms with E-state index in [0.29, 0.717) is 0 Å². The molecule has 1 fully saturated rings. The van der Waals surface area contributed by atoms with Crippen LogP contribution in [0.15, 0.2) is 24.3 Å². The summed E-state index contributed by atoms with van der Waals surface area (Å²) in [6.07, 6.45) is 2.62. The molecule has 1 aromatic carbocycles. The number of hydrogen-bond donors (Lipinski definition) is 1. The Labute approximate surface area is 123 Å². The van der Waals surface area contributed by atoms with Gasteiger partial charge in [0.1, 0.15) is 0 Å². The fraction of sp³-hybridized carbons (Fsp3) is 0.647. The molecule has 2 rings (SSSR count). The van der Waals surface area contributed by atoms with E-state index in [-0.39, 0.29) is 0 Å². The Morgan fingerprint density at radius 3 is 2.80 bits per heavy atom. The molecule has 3 nitrogen and oxygen atoms in total. The maximum atomic E-state index is 5.05. The Balaban J connectivity index is 1.66. The van der Waals surface area contributed by atoms with E-state index in [9.17, 15) is 0 Å². The maximum absolute atomic E-state index is 5.05. The Morgan fingerprint density at radius 1 is 1.30 bits per heavy atom. The third-order valence-corrected chi connectivity index (χ3v) is 4.11. The molecule has 20 heavy (non-hydrogen) atoms. The van der Waals surface area contributed by atoms with Gasteiger partial charge in [0.15, 0.2) is 0 Å². The van der Waals surface area contributed by atoms with Gasteiger partial charge in [-0.15, -0.1) is 0 Å². The lowest BCUT2D eigenvalue weighted by Crippen LogP contribution is -2.37. The first-order valence-electron chi connectivity index (χ1n) is 7.75. The summed E-state index contributed by atoms with van der Waals surface area (Å²) in [5.74, 6) is 0.834. The van der Waals surface area contributed by atoms with Gasteiger partial charge in [-0.05, 0) is 50.9 Å². The quantitative estimate of drug-likeness (QED) is 0.774. The van der Waals surface area contributed by atoms with Gasteiger partial charge in [0, 0.05) is 20.2 Å². The number of benzene rings is 1. The second-order valence-electron chi connectivity index (χ2n) is 5.91. The van der Waals surface area contributed by atoms with E-state index in [1.165, 1.54) is 37.1 Å². The monoisotopic (exact) mass is 276 g/mol. The lowest BCUT2D eigenvalue weighted by Gasteiger charge is -2.32. The summed E-state index contributed by atoms with van der Waals surface area (Å²) in [7, 11) is 1.76. The molecule has 0 unspecified atom stereocenters. The number of hydrogen-bond acceptors (Lipinski definition) is 3. The second kappa shape index (κ2) is 8.40. The number of methoxy groups -OCH3 is 1. The zero-order chi connectivity index (χ0) is 14.2. The highest BCUT2D eigenvalue weighted by Crippen LogP contribution is 2.18. The molecule has 0 amide bonds. The average molecular weight is 276 g/mol. The van der Waals surface area contributed by atoms with Crippen LogP contribution in [0.5, 0.6) is 0 Å². The topological polar surface area (TPSA) is 24.5 Å². The first kappa shape index (κ1) is 15.5. The van der Waals surface area contributed by atoms with Crippen LogP contribution in [-0.2, 0) is 11.3 Å². The van der Waals surface area contributed by atoms with Crippen LogP contribution in [0.2, 0.25) is 0 Å². The molecule has 1 aromatic rings. The molecule has 3 heteroatoms. The van der Waals surface area contributed by atoms with Crippen molar-refractivity contribution in [3.63, 3.8) is 0 Å². The fourth-order valence-corrected chi connectivity index (χ4v) is 2.90. The van der Waals surface area contributed by atoms with Crippen LogP contribution in [-0.4, -0.2) is 44.8 Å². The molecular weight excluding hydrogens is 248 g/mol. The smallest absolute Gasteiger partial charge is 0.0587 e. The molecule has 1 heterocycles. The van der Waals surface area contributed by atoms with E-state index in [1.54, 1.807) is 7.11 Å². The molecule has 112 valence electrons. The molecule has 0 atom stereocenters. The minimum atomic E-state index is 0.812. The molecule has 0 aliphatic carbocycles. The minimum absolute atomic E-state index is 0.812. The summed E-state index contributed by atoms with van der Waals surface area (Å²) >= 11 is 0. The van der Waals surface area contributed by atoms with Crippen LogP contribution in [0.25, 0.3) is 0 Å². The first-order valence-corrected chi connectivity index (χ1v) is 7.75. The van der Waals surface area contributed by atoms with Crippen molar-refractivity contribution < 1.29 is 4.74 Å². The predicted octanol–water partition coefficient (Wildman–Crippen LogP) is 2.44. The van der Waals surface area contributed by atoms with Crippen molar-refractivity contribution in [1.29, 1.82) is 0 Å². The summed E-state index contributed by atoms with van der Waals surface area (Å²) in [5.41, 5.74) is 2.81. The summed E-state index contributed by atoms with van der Waals surface area (Å²) in [6, 6.07) is 8.88. The molecule has 0 bridgehead atoms. The highest BCUT2D eigenvalue weighted by Gasteiger charge is 2.18. The molecule has 1 N–H and O–H groups in total. The van der Waals surface area contributed by atoms with E-state index in [4.69, 9.17) is 4.74 Å². The van der Waals surface area contributed by atoms with Gasteiger partial charge in [0.05, 0.1) is 6.61 Å². The number of aryl methyl sites for hydroxylation is 1. The van der Waals surface area contributed by atoms with Crippen molar-refractivity contribution in [2.75, 3.05) is 39.9 Å². The highest BCUT2D eigenvalue weighted by atomic mass is 16.5. The van der Waals surface area contributed by atoms with Crippen LogP contribution < -0.4 is 5.32 Å². The van der Waals surface area contributed by atoms with Gasteiger partial charge in [-0.25, -0.2) is 0 Å². The Kier molecular flexibility index (Phi) is 6.51. The Hall–Kier alpha value is -0.900. The van der Waals surface area contributed by atoms with Crippen molar-refractivity contribution in [3.05, 3.63) is 35.4 Å². The summed E-state index contributed by atoms with van der Waals surface area (Å²) in [6.45, 7) is 8.65. The van der Waals surface area contributed by atoms with Crippen molar-refractivity contribution in [2.45, 2.75) is 26.3 Å². The zero-order valence-electron chi connectivity index (χ0n) is 12.9. The van der Waals surface area contributed by atoms with Crippen LogP contribution in [0, 0.1) is 12.8 Å². The normalized spacial score (nSPS) is 17.5. The summed E-state index contributed by atoms with van der Waals surface area (Å²) in [5, 5.41) is 3.48. The van der Waals surface area contributed by atoms with Gasteiger partial charge in [-0.3, -0.25) is 4.90 Å². The third-order valence-electron chi connectivity index (χ3n) is 4.11. The molecule has 0 radical (unpaired) electrons. The average Bonchev–Trinajstić information content (AvgIpc) is 2.45. The standard InChI is InChI=1S/C17H28N2O/c1-15-4-3-5-17(12-15)14-19-9-6-16(7-10-19)13-18-8-11-20-2/h3-5,12,16,18H,6-11,13-14H2,1-2H3. The zero-order valence-corrected chi connectivity index (χ0v) is 12.9. The fourth-order valence-electron chi connectivity index (χ4n) is 2.90. The maximum Gasteiger partial charge on any atom is 0.0587 e. The van der Waals surface area contributed by atoms with Crippen LogP contribution in [0.3, 0.4) is 0 Å². The van der Waals surface area contributed by atoms with Gasteiger partial charge >= 0.3 is 0 Å². The summed E-state index contributed by atoms with van der Waals surface area (Å²) < 4.78 is 5.05. The second-order valence-corrected chi connectivity index (χ2v) is 5.91. The van der Waals surface area contributed by atoms with E-state index in [2.05, 4.69) is 41.4 Å². The molecule has 1 saturated heterocycles. The largest absolute Gasteiger partial charge is 0.383 e. The Morgan fingerprint density at radius 2 is 2.10 bits per heavy atom. The molecule has 0 saturated carbocycles. The van der Waals surface area contributed by atoms with Crippen molar-refractivity contribution >= 4 is 0 Å². The van der Waals surface area contributed by atoms with Gasteiger partial charge in [0.25, 0.3) is 0 Å². The first-order chi connectivity index (χ1) is 9.78. The van der Waals surface area contributed by atoms with Crippen LogP contribution in [0.1, 0.15) is 24.0 Å². The van der Waals surface area contributed by atoms with E-state index in [0.717, 1.165) is 32.2 Å². The highest BCUT2D eigenvalue weighted by molar-refractivity contribution is 5.22. The minimum Gasteiger partial charge on any atom is -0.383 e. The molecule has 0 aromatic heterocycles. The molecule has 0 spiro atoms. The molecule has 1 aliphatic rings. The number of ether oxygens (including phenoxy) is 1. The number of nitrogens with zero attached hydrogens (tertiary/aromatic N) is 1.